The van der Waals surface area contributed by atoms with Gasteiger partial charge < -0.3 is 19.2 Å². The molecule has 42 heavy (non-hydrogen) atoms. The minimum absolute atomic E-state index is 0.122. The van der Waals surface area contributed by atoms with Gasteiger partial charge in [0.1, 0.15) is 17.4 Å². The number of benzene rings is 2. The fraction of sp³-hybridized carbons (Fsp3) is 0.353. The van der Waals surface area contributed by atoms with Gasteiger partial charge in [-0.3, -0.25) is 4.79 Å². The number of aliphatic imine (C=N–C) groups is 1. The van der Waals surface area contributed by atoms with Crippen molar-refractivity contribution in [2.75, 3.05) is 6.61 Å². The number of nitrogens with zero attached hydrogens (tertiary/aromatic N) is 1. The molecule has 8 heteroatoms. The number of carbonyl (C=O) groups is 1. The second-order valence-electron chi connectivity index (χ2n) is 11.5. The number of ether oxygens (including phenoxy) is 2. The molecule has 6 nitrogen and oxygen atoms in total. The summed E-state index contributed by atoms with van der Waals surface area (Å²) in [7, 11) is 0. The van der Waals surface area contributed by atoms with Crippen LogP contribution in [0, 0.1) is 11.3 Å². The highest BCUT2D eigenvalue weighted by molar-refractivity contribution is 7.16. The van der Waals surface area contributed by atoms with Gasteiger partial charge in [0.25, 0.3) is 5.91 Å². The summed E-state index contributed by atoms with van der Waals surface area (Å²) in [6.07, 6.45) is 6.30. The molecule has 5 rings (SSSR count). The predicted molar refractivity (Wildman–Crippen MR) is 170 cm³/mol. The molecule has 1 aliphatic rings. The highest BCUT2D eigenvalue weighted by Gasteiger charge is 2.33. The molecule has 0 spiro atoms. The third kappa shape index (κ3) is 7.08. The summed E-state index contributed by atoms with van der Waals surface area (Å²) in [5.74, 6) is 2.41. The number of fused-ring (bicyclic) bond motifs is 1. The Morgan fingerprint density at radius 3 is 2.71 bits per heavy atom. The second kappa shape index (κ2) is 13.2. The first-order valence-electron chi connectivity index (χ1n) is 14.3. The Balaban J connectivity index is 1.40. The molecule has 1 atom stereocenters. The largest absolute Gasteiger partial charge is 0.490 e. The number of carbonyl (C=O) groups excluding carboxylic acids is 1. The standard InChI is InChI=1S/C34H37ClN2O4S/c1-5-39-29-17-22(12-15-28(29)41-21-23-9-6-7-11-27(23)35)19-37-33-31(32(38)36-20-25-10-8-16-40-25)26-14-13-24(34(2,3)4)18-30(26)42-33/h6-12,15-17,19,24H,5,13-14,18,20-21H2,1-4H3,(H,36,38)/t24-/m0/s1. The van der Waals surface area contributed by atoms with Gasteiger partial charge >= 0.3 is 0 Å². The smallest absolute Gasteiger partial charge is 0.255 e. The number of nitrogens with one attached hydrogen (secondary N) is 1. The van der Waals surface area contributed by atoms with E-state index in [1.54, 1.807) is 23.8 Å². The normalized spacial score (nSPS) is 15.0. The second-order valence-corrected chi connectivity index (χ2v) is 13.0. The van der Waals surface area contributed by atoms with Gasteiger partial charge in [0, 0.05) is 21.7 Å². The minimum atomic E-state index is -0.122. The Morgan fingerprint density at radius 2 is 1.98 bits per heavy atom. The van der Waals surface area contributed by atoms with Crippen molar-refractivity contribution in [1.82, 2.24) is 5.32 Å². The number of amides is 1. The van der Waals surface area contributed by atoms with Crippen molar-refractivity contribution in [3.8, 4) is 11.5 Å². The molecular weight excluding hydrogens is 568 g/mol. The Hall–Kier alpha value is -3.55. The number of furan rings is 1. The fourth-order valence-corrected chi connectivity index (χ4v) is 6.66. The van der Waals surface area contributed by atoms with E-state index in [0.717, 1.165) is 41.0 Å². The zero-order chi connectivity index (χ0) is 29.7. The average molecular weight is 605 g/mol. The van der Waals surface area contributed by atoms with Crippen LogP contribution in [0.25, 0.3) is 0 Å². The molecule has 0 bridgehead atoms. The lowest BCUT2D eigenvalue weighted by Gasteiger charge is -2.33. The zero-order valence-corrected chi connectivity index (χ0v) is 26.1. The molecule has 220 valence electrons. The molecule has 2 heterocycles. The van der Waals surface area contributed by atoms with Crippen molar-refractivity contribution in [3.63, 3.8) is 0 Å². The van der Waals surface area contributed by atoms with Crippen LogP contribution in [0.1, 0.15) is 71.8 Å². The maximum Gasteiger partial charge on any atom is 0.255 e. The van der Waals surface area contributed by atoms with Crippen LogP contribution in [-0.2, 0) is 26.0 Å². The van der Waals surface area contributed by atoms with Crippen LogP contribution in [0.5, 0.6) is 11.5 Å². The van der Waals surface area contributed by atoms with Crippen LogP contribution >= 0.6 is 22.9 Å². The monoisotopic (exact) mass is 604 g/mol. The number of rotatable bonds is 10. The molecular formula is C34H37ClN2O4S. The third-order valence-electron chi connectivity index (χ3n) is 7.64. The predicted octanol–water partition coefficient (Wildman–Crippen LogP) is 8.80. The molecule has 0 unspecified atom stereocenters. The van der Waals surface area contributed by atoms with E-state index in [0.29, 0.717) is 53.5 Å². The molecule has 0 fully saturated rings. The van der Waals surface area contributed by atoms with E-state index in [-0.39, 0.29) is 11.3 Å². The Bertz CT molecular complexity index is 1550. The molecule has 1 aliphatic carbocycles. The first-order valence-corrected chi connectivity index (χ1v) is 15.5. The van der Waals surface area contributed by atoms with Gasteiger partial charge in [-0.25, -0.2) is 4.99 Å². The number of thiophene rings is 1. The van der Waals surface area contributed by atoms with E-state index in [4.69, 9.17) is 30.5 Å². The van der Waals surface area contributed by atoms with Crippen LogP contribution in [-0.4, -0.2) is 18.7 Å². The van der Waals surface area contributed by atoms with E-state index in [2.05, 4.69) is 26.1 Å². The number of hydrogen-bond donors (Lipinski definition) is 1. The van der Waals surface area contributed by atoms with Gasteiger partial charge in [-0.2, -0.15) is 0 Å². The van der Waals surface area contributed by atoms with Gasteiger partial charge in [0.05, 0.1) is 25.0 Å². The van der Waals surface area contributed by atoms with Crippen molar-refractivity contribution in [1.29, 1.82) is 0 Å². The highest BCUT2D eigenvalue weighted by Crippen LogP contribution is 2.45. The maximum absolute atomic E-state index is 13.5. The molecule has 0 saturated carbocycles. The topological polar surface area (TPSA) is 73.1 Å². The van der Waals surface area contributed by atoms with E-state index in [1.165, 1.54) is 4.88 Å². The molecule has 0 radical (unpaired) electrons. The van der Waals surface area contributed by atoms with Crippen molar-refractivity contribution < 1.29 is 18.7 Å². The summed E-state index contributed by atoms with van der Waals surface area (Å²) in [5, 5.41) is 4.42. The van der Waals surface area contributed by atoms with E-state index in [9.17, 15) is 4.79 Å². The molecule has 1 N–H and O–H groups in total. The Labute approximate surface area is 256 Å². The molecule has 0 saturated heterocycles. The van der Waals surface area contributed by atoms with Crippen LogP contribution in [0.15, 0.2) is 70.3 Å². The van der Waals surface area contributed by atoms with Crippen molar-refractivity contribution >= 4 is 40.1 Å². The SMILES string of the molecule is CCOc1cc(C=Nc2sc3c(c2C(=O)NCc2ccco2)CC[C@H](C(C)(C)C)C3)ccc1OCc1ccccc1Cl. The van der Waals surface area contributed by atoms with Gasteiger partial charge in [-0.15, -0.1) is 11.3 Å². The summed E-state index contributed by atoms with van der Waals surface area (Å²) in [4.78, 5) is 19.6. The molecule has 4 aromatic rings. The molecule has 0 aliphatic heterocycles. The maximum atomic E-state index is 13.5. The van der Waals surface area contributed by atoms with Crippen LogP contribution in [0.2, 0.25) is 5.02 Å². The minimum Gasteiger partial charge on any atom is -0.490 e. The van der Waals surface area contributed by atoms with Crippen LogP contribution in [0.3, 0.4) is 0 Å². The average Bonchev–Trinajstić information content (AvgIpc) is 3.62. The number of hydrogen-bond acceptors (Lipinski definition) is 6. The molecule has 1 amide bonds. The molecule has 2 aromatic heterocycles. The lowest BCUT2D eigenvalue weighted by molar-refractivity contribution is 0.0947. The van der Waals surface area contributed by atoms with Crippen LogP contribution < -0.4 is 14.8 Å². The third-order valence-corrected chi connectivity index (χ3v) is 9.17. The first-order chi connectivity index (χ1) is 20.2. The van der Waals surface area contributed by atoms with Crippen molar-refractivity contribution in [2.24, 2.45) is 16.3 Å². The lowest BCUT2D eigenvalue weighted by Crippen LogP contribution is -2.28. The van der Waals surface area contributed by atoms with E-state index < -0.39 is 0 Å². The summed E-state index contributed by atoms with van der Waals surface area (Å²) >= 11 is 7.93. The summed E-state index contributed by atoms with van der Waals surface area (Å²) in [6, 6.07) is 17.0. The van der Waals surface area contributed by atoms with Gasteiger partial charge in [-0.1, -0.05) is 50.6 Å². The van der Waals surface area contributed by atoms with Gasteiger partial charge in [0.2, 0.25) is 0 Å². The van der Waals surface area contributed by atoms with Crippen LogP contribution in [0.4, 0.5) is 5.00 Å². The lowest BCUT2D eigenvalue weighted by atomic mass is 9.72. The molecule has 2 aromatic carbocycles. The van der Waals surface area contributed by atoms with E-state index in [1.807, 2.05) is 61.5 Å². The van der Waals surface area contributed by atoms with E-state index >= 15 is 0 Å². The first kappa shape index (κ1) is 29.9. The Kier molecular flexibility index (Phi) is 9.39. The van der Waals surface area contributed by atoms with Gasteiger partial charge in [-0.05, 0) is 85.0 Å². The summed E-state index contributed by atoms with van der Waals surface area (Å²) in [6.45, 7) is 9.98. The van der Waals surface area contributed by atoms with Crippen molar-refractivity contribution in [3.05, 3.63) is 98.8 Å². The summed E-state index contributed by atoms with van der Waals surface area (Å²) in [5.41, 5.74) is 3.76. The van der Waals surface area contributed by atoms with Gasteiger partial charge in [0.15, 0.2) is 11.5 Å². The quantitative estimate of drug-likeness (QED) is 0.184. The highest BCUT2D eigenvalue weighted by atomic mass is 35.5. The van der Waals surface area contributed by atoms with Crippen molar-refractivity contribution in [2.45, 2.75) is 60.1 Å². The summed E-state index contributed by atoms with van der Waals surface area (Å²) < 4.78 is 17.4. The Morgan fingerprint density at radius 1 is 1.14 bits per heavy atom. The number of halogens is 1. The fourth-order valence-electron chi connectivity index (χ4n) is 5.20. The zero-order valence-electron chi connectivity index (χ0n) is 24.5.